The summed E-state index contributed by atoms with van der Waals surface area (Å²) in [5.41, 5.74) is 0. The Labute approximate surface area is 111 Å². The normalized spacial score (nSPS) is 22.9. The van der Waals surface area contributed by atoms with Crippen molar-refractivity contribution in [3.05, 3.63) is 10.1 Å². The summed E-state index contributed by atoms with van der Waals surface area (Å²) >= 11 is 13.0. The number of nitrogens with zero attached hydrogens (tertiary/aromatic N) is 1. The zero-order chi connectivity index (χ0) is 10.9. The molecule has 0 heterocycles. The van der Waals surface area contributed by atoms with Gasteiger partial charge in [-0.25, -0.2) is 0 Å². The van der Waals surface area contributed by atoms with Crippen LogP contribution in [0.4, 0.5) is 0 Å². The van der Waals surface area contributed by atoms with E-state index in [1.807, 2.05) is 6.92 Å². The molecular weight excluding hydrogens is 438 g/mol. The predicted molar refractivity (Wildman–Crippen MR) is 68.2 cm³/mol. The molecule has 3 nitrogen and oxygen atoms in total. The average Bonchev–Trinajstić information content (AvgIpc) is 2.01. The Kier molecular flexibility index (Phi) is 5.39. The maximum Gasteiger partial charge on any atom is 0.299 e. The largest absolute Gasteiger partial charge is 0.299 e. The summed E-state index contributed by atoms with van der Waals surface area (Å²) in [5, 5.41) is 11.1. The van der Waals surface area contributed by atoms with Crippen molar-refractivity contribution in [2.24, 2.45) is 0 Å². The molecular formula is C6H9Br4NO2. The third-order valence-electron chi connectivity index (χ3n) is 1.96. The minimum absolute atomic E-state index is 0.0395. The first-order valence-electron chi connectivity index (χ1n) is 3.42. The molecule has 3 unspecified atom stereocenters. The lowest BCUT2D eigenvalue weighted by atomic mass is 10.0. The predicted octanol–water partition coefficient (Wildman–Crippen LogP) is 3.69. The van der Waals surface area contributed by atoms with Crippen molar-refractivity contribution in [1.29, 1.82) is 0 Å². The Morgan fingerprint density at radius 1 is 1.54 bits per heavy atom. The van der Waals surface area contributed by atoms with E-state index in [4.69, 9.17) is 0 Å². The summed E-state index contributed by atoms with van der Waals surface area (Å²) < 4.78 is -1.89. The minimum Gasteiger partial charge on any atom is -0.263 e. The Balaban J connectivity index is 5.07. The molecule has 0 aromatic carbocycles. The van der Waals surface area contributed by atoms with Crippen molar-refractivity contribution >= 4 is 63.7 Å². The molecule has 0 amide bonds. The van der Waals surface area contributed by atoms with Gasteiger partial charge < -0.3 is 0 Å². The van der Waals surface area contributed by atoms with E-state index in [0.717, 1.165) is 0 Å². The molecule has 13 heavy (non-hydrogen) atoms. The van der Waals surface area contributed by atoms with Crippen LogP contribution in [-0.4, -0.2) is 23.9 Å². The van der Waals surface area contributed by atoms with Crippen LogP contribution in [0.5, 0.6) is 0 Å². The van der Waals surface area contributed by atoms with Crippen LogP contribution in [-0.2, 0) is 0 Å². The average molecular weight is 447 g/mol. The van der Waals surface area contributed by atoms with Crippen molar-refractivity contribution in [2.75, 3.05) is 5.33 Å². The van der Waals surface area contributed by atoms with Crippen LogP contribution >= 0.6 is 63.7 Å². The van der Waals surface area contributed by atoms with Gasteiger partial charge >= 0.3 is 0 Å². The lowest BCUT2D eigenvalue weighted by Gasteiger charge is -2.34. The molecule has 78 valence electrons. The van der Waals surface area contributed by atoms with E-state index in [1.165, 1.54) is 0 Å². The molecule has 0 saturated carbocycles. The third kappa shape index (κ3) is 2.66. The van der Waals surface area contributed by atoms with Gasteiger partial charge in [-0.05, 0) is 6.92 Å². The van der Waals surface area contributed by atoms with E-state index in [1.54, 1.807) is 6.92 Å². The molecule has 0 aromatic heterocycles. The Morgan fingerprint density at radius 2 is 1.92 bits per heavy atom. The third-order valence-corrected chi connectivity index (χ3v) is 8.32. The molecule has 0 aliphatic carbocycles. The van der Waals surface area contributed by atoms with Crippen molar-refractivity contribution in [1.82, 2.24) is 0 Å². The summed E-state index contributed by atoms with van der Waals surface area (Å²) in [5.74, 6) is 0. The van der Waals surface area contributed by atoms with Gasteiger partial charge in [-0.1, -0.05) is 54.7 Å². The second-order valence-electron chi connectivity index (χ2n) is 2.84. The fraction of sp³-hybridized carbons (Fsp3) is 1.00. The molecule has 0 rings (SSSR count). The van der Waals surface area contributed by atoms with Gasteiger partial charge in [0.2, 0.25) is 0 Å². The van der Waals surface area contributed by atoms with Gasteiger partial charge in [0.15, 0.2) is 0 Å². The summed E-state index contributed by atoms with van der Waals surface area (Å²) in [4.78, 5) is 10.5. The van der Waals surface area contributed by atoms with Gasteiger partial charge in [-0.3, -0.25) is 10.1 Å². The topological polar surface area (TPSA) is 43.1 Å². The molecule has 0 aliphatic rings. The fourth-order valence-electron chi connectivity index (χ4n) is 0.663. The van der Waals surface area contributed by atoms with Crippen LogP contribution in [0.15, 0.2) is 0 Å². The van der Waals surface area contributed by atoms with E-state index in [2.05, 4.69) is 63.7 Å². The first-order chi connectivity index (χ1) is 5.70. The monoisotopic (exact) mass is 443 g/mol. The standard InChI is InChI=1S/C6H9Br4NO2/c1-4(8)5(2,9)6(10,3-7)11(12)13/h4H,3H2,1-2H3. The van der Waals surface area contributed by atoms with Gasteiger partial charge in [-0.2, -0.15) is 0 Å². The van der Waals surface area contributed by atoms with Crippen molar-refractivity contribution in [2.45, 2.75) is 27.4 Å². The van der Waals surface area contributed by atoms with Gasteiger partial charge in [0.1, 0.15) is 4.32 Å². The first kappa shape index (κ1) is 14.3. The number of nitro groups is 1. The molecule has 0 fully saturated rings. The summed E-state index contributed by atoms with van der Waals surface area (Å²) in [6.45, 7) is 3.63. The molecule has 0 radical (unpaired) electrons. The maximum atomic E-state index is 10.9. The molecule has 0 bridgehead atoms. The van der Waals surface area contributed by atoms with Gasteiger partial charge in [0.05, 0.1) is 5.33 Å². The summed E-state index contributed by atoms with van der Waals surface area (Å²) in [6.07, 6.45) is 0. The number of halogens is 4. The molecule has 0 aliphatic heterocycles. The van der Waals surface area contributed by atoms with Crippen molar-refractivity contribution in [3.8, 4) is 0 Å². The highest BCUT2D eigenvalue weighted by molar-refractivity contribution is 9.15. The molecule has 0 N–H and O–H groups in total. The summed E-state index contributed by atoms with van der Waals surface area (Å²) in [7, 11) is 0. The summed E-state index contributed by atoms with van der Waals surface area (Å²) in [6, 6.07) is 0. The van der Waals surface area contributed by atoms with Crippen LogP contribution in [0.1, 0.15) is 13.8 Å². The van der Waals surface area contributed by atoms with Crippen LogP contribution in [0.25, 0.3) is 0 Å². The van der Waals surface area contributed by atoms with Crippen LogP contribution in [0.3, 0.4) is 0 Å². The highest BCUT2D eigenvalue weighted by Gasteiger charge is 2.57. The second kappa shape index (κ2) is 4.90. The zero-order valence-electron chi connectivity index (χ0n) is 7.06. The lowest BCUT2D eigenvalue weighted by molar-refractivity contribution is -0.533. The minimum atomic E-state index is -1.22. The number of hydrogen-bond donors (Lipinski definition) is 0. The van der Waals surface area contributed by atoms with E-state index in [9.17, 15) is 10.1 Å². The van der Waals surface area contributed by atoms with Gasteiger partial charge in [0, 0.05) is 25.7 Å². The Hall–Kier alpha value is 1.32. The zero-order valence-corrected chi connectivity index (χ0v) is 13.4. The van der Waals surface area contributed by atoms with E-state index < -0.39 is 8.77 Å². The molecule has 3 atom stereocenters. The van der Waals surface area contributed by atoms with E-state index >= 15 is 0 Å². The Morgan fingerprint density at radius 3 is 2.00 bits per heavy atom. The lowest BCUT2D eigenvalue weighted by Crippen LogP contribution is -2.54. The number of alkyl halides is 4. The SMILES string of the molecule is CC(Br)C(C)(Br)C(Br)(CBr)[N+](=O)[O-]. The van der Waals surface area contributed by atoms with Gasteiger partial charge in [0.25, 0.3) is 4.45 Å². The van der Waals surface area contributed by atoms with E-state index in [-0.39, 0.29) is 15.1 Å². The van der Waals surface area contributed by atoms with Crippen LogP contribution < -0.4 is 0 Å². The highest BCUT2D eigenvalue weighted by atomic mass is 79.9. The Bertz CT molecular complexity index is 209. The van der Waals surface area contributed by atoms with Gasteiger partial charge in [-0.15, -0.1) is 0 Å². The van der Waals surface area contributed by atoms with Crippen molar-refractivity contribution in [3.63, 3.8) is 0 Å². The van der Waals surface area contributed by atoms with Crippen LogP contribution in [0, 0.1) is 10.1 Å². The molecule has 0 aromatic rings. The second-order valence-corrected chi connectivity index (χ2v) is 7.74. The highest BCUT2D eigenvalue weighted by Crippen LogP contribution is 2.45. The molecule has 0 saturated heterocycles. The first-order valence-corrected chi connectivity index (χ1v) is 7.04. The number of hydrogen-bond acceptors (Lipinski definition) is 2. The van der Waals surface area contributed by atoms with Crippen LogP contribution in [0.2, 0.25) is 0 Å². The number of rotatable bonds is 4. The van der Waals surface area contributed by atoms with Crippen molar-refractivity contribution < 1.29 is 4.92 Å². The fourth-order valence-corrected chi connectivity index (χ4v) is 3.14. The van der Waals surface area contributed by atoms with E-state index in [0.29, 0.717) is 0 Å². The quantitative estimate of drug-likeness (QED) is 0.286. The molecule has 0 spiro atoms. The molecule has 7 heteroatoms. The maximum absolute atomic E-state index is 10.9. The smallest absolute Gasteiger partial charge is 0.263 e.